The van der Waals surface area contributed by atoms with Crippen molar-refractivity contribution >= 4 is 11.8 Å². The first-order valence-corrected chi connectivity index (χ1v) is 9.27. The molecule has 30 heavy (non-hydrogen) atoms. The van der Waals surface area contributed by atoms with Crippen molar-refractivity contribution in [2.45, 2.75) is 6.54 Å². The molecule has 2 aromatic rings. The van der Waals surface area contributed by atoms with Crippen LogP contribution in [0.1, 0.15) is 17.1 Å². The van der Waals surface area contributed by atoms with Crippen molar-refractivity contribution in [2.75, 3.05) is 46.0 Å². The Morgan fingerprint density at radius 3 is 2.63 bits per heavy atom. The van der Waals surface area contributed by atoms with Gasteiger partial charge in [-0.15, -0.1) is 6.42 Å². The topological polar surface area (TPSA) is 69.1 Å². The highest BCUT2D eigenvalue weighted by molar-refractivity contribution is 5.75. The molecular weight excluding hydrogens is 384 g/mol. The van der Waals surface area contributed by atoms with Gasteiger partial charge < -0.3 is 23.7 Å². The van der Waals surface area contributed by atoms with E-state index in [1.165, 1.54) is 7.11 Å². The van der Waals surface area contributed by atoms with Gasteiger partial charge in [0.1, 0.15) is 6.54 Å². The van der Waals surface area contributed by atoms with Crippen molar-refractivity contribution in [3.05, 3.63) is 35.3 Å². The molecule has 2 heterocycles. The summed E-state index contributed by atoms with van der Waals surface area (Å²) in [6.45, 7) is 1.67. The number of rotatable bonds is 5. The Kier molecular flexibility index (Phi) is 6.51. The number of imidazole rings is 1. The van der Waals surface area contributed by atoms with E-state index in [9.17, 15) is 4.79 Å². The zero-order valence-corrected chi connectivity index (χ0v) is 17.6. The van der Waals surface area contributed by atoms with Crippen molar-refractivity contribution in [1.29, 1.82) is 0 Å². The van der Waals surface area contributed by atoms with Gasteiger partial charge in [-0.3, -0.25) is 9.69 Å². The summed E-state index contributed by atoms with van der Waals surface area (Å²) in [4.78, 5) is 20.4. The van der Waals surface area contributed by atoms with Gasteiger partial charge in [-0.2, -0.15) is 0 Å². The number of carbonyl (C=O) groups excluding carboxylic acids is 1. The lowest BCUT2D eigenvalue weighted by molar-refractivity contribution is -0.139. The van der Waals surface area contributed by atoms with Crippen molar-refractivity contribution in [3.63, 3.8) is 0 Å². The highest BCUT2D eigenvalue weighted by atomic mass is 16.5. The quantitative estimate of drug-likeness (QED) is 0.544. The van der Waals surface area contributed by atoms with Gasteiger partial charge in [-0.1, -0.05) is 11.8 Å². The molecule has 1 aromatic heterocycles. The first-order chi connectivity index (χ1) is 14.5. The molecule has 8 heteroatoms. The predicted octanol–water partition coefficient (Wildman–Crippen LogP) is 1.22. The number of ether oxygens (including phenoxy) is 3. The van der Waals surface area contributed by atoms with Crippen LogP contribution in [0.3, 0.4) is 0 Å². The zero-order valence-electron chi connectivity index (χ0n) is 17.6. The minimum Gasteiger partial charge on any atom is -0.493 e. The maximum atomic E-state index is 11.9. The first-order valence-electron chi connectivity index (χ1n) is 9.27. The summed E-state index contributed by atoms with van der Waals surface area (Å²) in [5, 5.41) is 0. The molecule has 0 spiro atoms. The normalized spacial score (nSPS) is 13.0. The van der Waals surface area contributed by atoms with Crippen LogP contribution in [0.4, 0.5) is 5.82 Å². The third kappa shape index (κ3) is 4.35. The molecule has 0 aliphatic carbocycles. The summed E-state index contributed by atoms with van der Waals surface area (Å²) in [6, 6.07) is 5.48. The van der Waals surface area contributed by atoms with E-state index in [2.05, 4.69) is 27.6 Å². The van der Waals surface area contributed by atoms with Crippen molar-refractivity contribution < 1.29 is 19.0 Å². The highest BCUT2D eigenvalue weighted by Gasteiger charge is 2.29. The van der Waals surface area contributed by atoms with E-state index in [4.69, 9.17) is 20.6 Å². The molecule has 0 radical (unpaired) electrons. The minimum absolute atomic E-state index is 0.0874. The molecule has 0 saturated carbocycles. The first kappa shape index (κ1) is 21.1. The van der Waals surface area contributed by atoms with Crippen LogP contribution in [0.2, 0.25) is 0 Å². The van der Waals surface area contributed by atoms with Crippen LogP contribution in [0.25, 0.3) is 0 Å². The molecule has 0 atom stereocenters. The maximum Gasteiger partial charge on any atom is 0.325 e. The van der Waals surface area contributed by atoms with Crippen LogP contribution < -0.4 is 14.4 Å². The number of nitrogens with zero attached hydrogens (tertiary/aromatic N) is 4. The van der Waals surface area contributed by atoms with Crippen LogP contribution >= 0.6 is 0 Å². The lowest BCUT2D eigenvalue weighted by Gasteiger charge is -2.34. The number of carbonyl (C=O) groups is 1. The molecular formula is C22H24N4O4. The smallest absolute Gasteiger partial charge is 0.325 e. The summed E-state index contributed by atoms with van der Waals surface area (Å²) in [6.07, 6.45) is 5.49. The molecule has 0 amide bonds. The molecule has 1 aliphatic heterocycles. The number of anilines is 1. The lowest BCUT2D eigenvalue weighted by Crippen LogP contribution is -2.45. The summed E-state index contributed by atoms with van der Waals surface area (Å²) >= 11 is 0. The largest absolute Gasteiger partial charge is 0.493 e. The van der Waals surface area contributed by atoms with Gasteiger partial charge in [0.05, 0.1) is 40.2 Å². The van der Waals surface area contributed by atoms with Crippen molar-refractivity contribution in [2.24, 2.45) is 7.05 Å². The van der Waals surface area contributed by atoms with E-state index in [0.29, 0.717) is 42.9 Å². The number of hydrogen-bond acceptors (Lipinski definition) is 7. The summed E-state index contributed by atoms with van der Waals surface area (Å²) in [7, 11) is 6.44. The van der Waals surface area contributed by atoms with Crippen LogP contribution in [0, 0.1) is 24.2 Å². The number of aromatic nitrogens is 2. The number of terminal acetylenes is 1. The fraction of sp³-hybridized carbons (Fsp3) is 0.364. The molecule has 3 rings (SSSR count). The van der Waals surface area contributed by atoms with Gasteiger partial charge in [-0.05, 0) is 24.1 Å². The third-order valence-electron chi connectivity index (χ3n) is 4.80. The van der Waals surface area contributed by atoms with Gasteiger partial charge in [0.25, 0.3) is 0 Å². The fourth-order valence-corrected chi connectivity index (χ4v) is 3.25. The number of methoxy groups -OCH3 is 3. The monoisotopic (exact) mass is 408 g/mol. The molecule has 8 nitrogen and oxygen atoms in total. The minimum atomic E-state index is -0.341. The molecule has 0 bridgehead atoms. The Balaban J connectivity index is 1.94. The van der Waals surface area contributed by atoms with E-state index in [1.807, 2.05) is 34.7 Å². The third-order valence-corrected chi connectivity index (χ3v) is 4.80. The van der Waals surface area contributed by atoms with Gasteiger partial charge in [0, 0.05) is 19.2 Å². The molecule has 0 unspecified atom stereocenters. The molecule has 1 aliphatic rings. The van der Waals surface area contributed by atoms with Gasteiger partial charge in [-0.25, -0.2) is 4.98 Å². The average molecular weight is 408 g/mol. The van der Waals surface area contributed by atoms with E-state index in [1.54, 1.807) is 14.2 Å². The Hall–Kier alpha value is -3.62. The van der Waals surface area contributed by atoms with E-state index in [0.717, 1.165) is 11.3 Å². The zero-order chi connectivity index (χ0) is 21.7. The summed E-state index contributed by atoms with van der Waals surface area (Å²) < 4.78 is 17.3. The van der Waals surface area contributed by atoms with E-state index < -0.39 is 0 Å². The SMILES string of the molecule is C#CCN1Cc2c(nc(C#Cc3ccc(OC)c(OC)c3)n2C)N(CC(=O)OC)C1. The Labute approximate surface area is 176 Å². The van der Waals surface area contributed by atoms with Crippen LogP contribution in [-0.2, 0) is 23.1 Å². The lowest BCUT2D eigenvalue weighted by atomic mass is 10.2. The van der Waals surface area contributed by atoms with E-state index >= 15 is 0 Å². The van der Waals surface area contributed by atoms with Crippen molar-refractivity contribution in [1.82, 2.24) is 14.5 Å². The molecule has 0 N–H and O–H groups in total. The van der Waals surface area contributed by atoms with Crippen LogP contribution in [-0.4, -0.2) is 61.5 Å². The summed E-state index contributed by atoms with van der Waals surface area (Å²) in [5.41, 5.74) is 1.71. The molecule has 0 fully saturated rings. The molecule has 156 valence electrons. The van der Waals surface area contributed by atoms with Gasteiger partial charge in [0.15, 0.2) is 23.1 Å². The van der Waals surface area contributed by atoms with Crippen molar-refractivity contribution in [3.8, 4) is 35.7 Å². The molecule has 1 aromatic carbocycles. The van der Waals surface area contributed by atoms with Gasteiger partial charge >= 0.3 is 5.97 Å². The number of fused-ring (bicyclic) bond motifs is 1. The van der Waals surface area contributed by atoms with Gasteiger partial charge in [0.2, 0.25) is 0 Å². The number of hydrogen-bond donors (Lipinski definition) is 0. The standard InChI is InChI=1S/C22H24N4O4/c1-6-11-25-13-17-22(26(15-25)14-21(27)30-5)23-20(24(17)2)10-8-16-7-9-18(28-3)19(12-16)29-4/h1,7,9,12H,11,13-15H2,2-5H3. The Morgan fingerprint density at radius 2 is 1.97 bits per heavy atom. The predicted molar refractivity (Wildman–Crippen MR) is 112 cm³/mol. The van der Waals surface area contributed by atoms with Crippen LogP contribution in [0.15, 0.2) is 18.2 Å². The number of benzene rings is 1. The average Bonchev–Trinajstić information content (AvgIpc) is 3.08. The number of esters is 1. The fourth-order valence-electron chi connectivity index (χ4n) is 3.25. The highest BCUT2D eigenvalue weighted by Crippen LogP contribution is 2.28. The Morgan fingerprint density at radius 1 is 1.20 bits per heavy atom. The maximum absolute atomic E-state index is 11.9. The second-order valence-corrected chi connectivity index (χ2v) is 6.69. The van der Waals surface area contributed by atoms with E-state index in [-0.39, 0.29) is 12.5 Å². The summed E-state index contributed by atoms with van der Waals surface area (Å²) in [5.74, 6) is 11.1. The second kappa shape index (κ2) is 9.25. The Bertz CT molecular complexity index is 1040. The van der Waals surface area contributed by atoms with Crippen LogP contribution in [0.5, 0.6) is 11.5 Å². The second-order valence-electron chi connectivity index (χ2n) is 6.69. The molecule has 0 saturated heterocycles.